The van der Waals surface area contributed by atoms with E-state index in [1.165, 1.54) is 0 Å². The summed E-state index contributed by atoms with van der Waals surface area (Å²) >= 11 is 0. The van der Waals surface area contributed by atoms with Gasteiger partial charge in [0.15, 0.2) is 0 Å². The van der Waals surface area contributed by atoms with Crippen LogP contribution in [0.1, 0.15) is 19.4 Å². The molecule has 0 saturated heterocycles. The van der Waals surface area contributed by atoms with Crippen LogP contribution in [0.2, 0.25) is 0 Å². The van der Waals surface area contributed by atoms with Crippen LogP contribution >= 0.6 is 0 Å². The Labute approximate surface area is 102 Å². The molecular weight excluding hydrogens is 216 g/mol. The van der Waals surface area contributed by atoms with Crippen molar-refractivity contribution < 1.29 is 9.53 Å². The molecule has 0 atom stereocenters. The van der Waals surface area contributed by atoms with Crippen molar-refractivity contribution in [1.29, 1.82) is 0 Å². The minimum absolute atomic E-state index is 0.0217. The monoisotopic (exact) mass is 236 g/mol. The molecule has 1 rings (SSSR count). The van der Waals surface area contributed by atoms with Gasteiger partial charge in [0.25, 0.3) is 0 Å². The third-order valence-electron chi connectivity index (χ3n) is 2.20. The number of benzene rings is 1. The Morgan fingerprint density at radius 3 is 2.88 bits per heavy atom. The van der Waals surface area contributed by atoms with E-state index in [-0.39, 0.29) is 5.91 Å². The van der Waals surface area contributed by atoms with Crippen LogP contribution in [0, 0.1) is 0 Å². The molecule has 0 radical (unpaired) electrons. The number of amides is 1. The summed E-state index contributed by atoms with van der Waals surface area (Å²) in [5, 5.41) is 5.83. The molecule has 0 saturated carbocycles. The lowest BCUT2D eigenvalue weighted by molar-refractivity contribution is -0.120. The van der Waals surface area contributed by atoms with Gasteiger partial charge in [0.1, 0.15) is 5.75 Å². The molecule has 94 valence electrons. The number of ether oxygens (including phenoxy) is 1. The van der Waals surface area contributed by atoms with Gasteiger partial charge in [-0.2, -0.15) is 0 Å². The van der Waals surface area contributed by atoms with Gasteiger partial charge in [0.2, 0.25) is 5.91 Å². The zero-order chi connectivity index (χ0) is 12.5. The molecule has 1 amide bonds. The zero-order valence-electron chi connectivity index (χ0n) is 10.5. The molecule has 0 aliphatic rings. The zero-order valence-corrected chi connectivity index (χ0v) is 10.5. The van der Waals surface area contributed by atoms with Crippen molar-refractivity contribution in [1.82, 2.24) is 10.6 Å². The van der Waals surface area contributed by atoms with Crippen molar-refractivity contribution >= 4 is 5.91 Å². The predicted molar refractivity (Wildman–Crippen MR) is 68.0 cm³/mol. The summed E-state index contributed by atoms with van der Waals surface area (Å²) in [6, 6.07) is 7.87. The van der Waals surface area contributed by atoms with Crippen molar-refractivity contribution in [3.63, 3.8) is 0 Å². The molecule has 4 nitrogen and oxygen atoms in total. The first kappa shape index (κ1) is 13.5. The van der Waals surface area contributed by atoms with Gasteiger partial charge >= 0.3 is 0 Å². The van der Waals surface area contributed by atoms with E-state index >= 15 is 0 Å². The summed E-state index contributed by atoms with van der Waals surface area (Å²) < 4.78 is 5.41. The van der Waals surface area contributed by atoms with Gasteiger partial charge in [-0.15, -0.1) is 0 Å². The molecule has 1 aromatic carbocycles. The molecule has 0 fully saturated rings. The van der Waals surface area contributed by atoms with E-state index in [1.807, 2.05) is 38.1 Å². The highest BCUT2D eigenvalue weighted by atomic mass is 16.5. The quantitative estimate of drug-likeness (QED) is 0.750. The van der Waals surface area contributed by atoms with Crippen molar-refractivity contribution in [3.8, 4) is 5.75 Å². The molecular formula is C13H20N2O2. The van der Waals surface area contributed by atoms with E-state index in [0.717, 1.165) is 11.3 Å². The lowest BCUT2D eigenvalue weighted by atomic mass is 10.2. The van der Waals surface area contributed by atoms with Crippen molar-refractivity contribution in [2.24, 2.45) is 0 Å². The SMILES string of the molecule is CCNC(=O)CNCc1cccc(OCC)c1. The fraction of sp³-hybridized carbons (Fsp3) is 0.462. The minimum Gasteiger partial charge on any atom is -0.494 e. The smallest absolute Gasteiger partial charge is 0.233 e. The van der Waals surface area contributed by atoms with Crippen LogP contribution in [-0.2, 0) is 11.3 Å². The number of rotatable bonds is 7. The first-order valence-electron chi connectivity index (χ1n) is 5.95. The molecule has 0 heterocycles. The summed E-state index contributed by atoms with van der Waals surface area (Å²) in [7, 11) is 0. The molecule has 2 N–H and O–H groups in total. The van der Waals surface area contributed by atoms with E-state index in [9.17, 15) is 4.79 Å². The van der Waals surface area contributed by atoms with Gasteiger partial charge in [0.05, 0.1) is 13.2 Å². The van der Waals surface area contributed by atoms with E-state index < -0.39 is 0 Å². The van der Waals surface area contributed by atoms with E-state index in [2.05, 4.69) is 10.6 Å². The van der Waals surface area contributed by atoms with Crippen LogP contribution in [-0.4, -0.2) is 25.6 Å². The maximum atomic E-state index is 11.2. The number of carbonyl (C=O) groups is 1. The Hall–Kier alpha value is -1.55. The summed E-state index contributed by atoms with van der Waals surface area (Å²) in [5.74, 6) is 0.887. The summed E-state index contributed by atoms with van der Waals surface area (Å²) in [6.07, 6.45) is 0. The van der Waals surface area contributed by atoms with Gasteiger partial charge in [-0.3, -0.25) is 4.79 Å². The lowest BCUT2D eigenvalue weighted by Crippen LogP contribution is -2.33. The lowest BCUT2D eigenvalue weighted by Gasteiger charge is -2.07. The Balaban J connectivity index is 2.35. The normalized spacial score (nSPS) is 10.0. The average Bonchev–Trinajstić information content (AvgIpc) is 2.30. The van der Waals surface area contributed by atoms with Crippen LogP contribution in [0.4, 0.5) is 0 Å². The highest BCUT2D eigenvalue weighted by molar-refractivity contribution is 5.77. The second-order valence-corrected chi connectivity index (χ2v) is 3.64. The molecule has 1 aromatic rings. The second kappa shape index (κ2) is 7.68. The van der Waals surface area contributed by atoms with Crippen LogP contribution in [0.15, 0.2) is 24.3 Å². The average molecular weight is 236 g/mol. The molecule has 4 heteroatoms. The third-order valence-corrected chi connectivity index (χ3v) is 2.20. The Bertz CT molecular complexity index is 353. The Morgan fingerprint density at radius 2 is 2.18 bits per heavy atom. The van der Waals surface area contributed by atoms with E-state index in [1.54, 1.807) is 0 Å². The highest BCUT2D eigenvalue weighted by Crippen LogP contribution is 2.12. The summed E-state index contributed by atoms with van der Waals surface area (Å²) in [4.78, 5) is 11.2. The van der Waals surface area contributed by atoms with Gasteiger partial charge < -0.3 is 15.4 Å². The standard InChI is InChI=1S/C13H20N2O2/c1-3-15-13(16)10-14-9-11-6-5-7-12(8-11)17-4-2/h5-8,14H,3-4,9-10H2,1-2H3,(H,15,16). The minimum atomic E-state index is 0.0217. The molecule has 0 aliphatic carbocycles. The van der Waals surface area contributed by atoms with Gasteiger partial charge in [0, 0.05) is 13.1 Å². The highest BCUT2D eigenvalue weighted by Gasteiger charge is 1.99. The van der Waals surface area contributed by atoms with Gasteiger partial charge in [-0.05, 0) is 31.5 Å². The fourth-order valence-electron chi connectivity index (χ4n) is 1.49. The maximum absolute atomic E-state index is 11.2. The Kier molecular flexibility index (Phi) is 6.10. The van der Waals surface area contributed by atoms with Crippen LogP contribution in [0.3, 0.4) is 0 Å². The van der Waals surface area contributed by atoms with Gasteiger partial charge in [-0.25, -0.2) is 0 Å². The summed E-state index contributed by atoms with van der Waals surface area (Å²) in [5.41, 5.74) is 1.11. The third kappa shape index (κ3) is 5.36. The van der Waals surface area contributed by atoms with Crippen molar-refractivity contribution in [2.45, 2.75) is 20.4 Å². The Morgan fingerprint density at radius 1 is 1.35 bits per heavy atom. The molecule has 0 bridgehead atoms. The predicted octanol–water partition coefficient (Wildman–Crippen LogP) is 1.31. The summed E-state index contributed by atoms with van der Waals surface area (Å²) in [6.45, 7) is 6.20. The largest absolute Gasteiger partial charge is 0.494 e. The number of nitrogens with one attached hydrogen (secondary N) is 2. The topological polar surface area (TPSA) is 50.4 Å². The fourth-order valence-corrected chi connectivity index (χ4v) is 1.49. The number of hydrogen-bond acceptors (Lipinski definition) is 3. The first-order chi connectivity index (χ1) is 8.26. The second-order valence-electron chi connectivity index (χ2n) is 3.64. The van der Waals surface area contributed by atoms with Gasteiger partial charge in [-0.1, -0.05) is 12.1 Å². The number of carbonyl (C=O) groups excluding carboxylic acids is 1. The van der Waals surface area contributed by atoms with Crippen LogP contribution < -0.4 is 15.4 Å². The number of likely N-dealkylation sites (N-methyl/N-ethyl adjacent to an activating group) is 1. The van der Waals surface area contributed by atoms with E-state index in [0.29, 0.717) is 26.2 Å². The molecule has 0 aliphatic heterocycles. The molecule has 0 spiro atoms. The maximum Gasteiger partial charge on any atom is 0.233 e. The van der Waals surface area contributed by atoms with E-state index in [4.69, 9.17) is 4.74 Å². The van der Waals surface area contributed by atoms with Crippen LogP contribution in [0.5, 0.6) is 5.75 Å². The van der Waals surface area contributed by atoms with Crippen molar-refractivity contribution in [2.75, 3.05) is 19.7 Å². The molecule has 17 heavy (non-hydrogen) atoms. The number of hydrogen-bond donors (Lipinski definition) is 2. The molecule has 0 aromatic heterocycles. The molecule has 0 unspecified atom stereocenters. The van der Waals surface area contributed by atoms with Crippen molar-refractivity contribution in [3.05, 3.63) is 29.8 Å². The van der Waals surface area contributed by atoms with Crippen LogP contribution in [0.25, 0.3) is 0 Å². The first-order valence-corrected chi connectivity index (χ1v) is 5.95.